The van der Waals surface area contributed by atoms with Gasteiger partial charge in [-0.25, -0.2) is 4.79 Å². The van der Waals surface area contributed by atoms with Crippen molar-refractivity contribution in [3.8, 4) is 11.5 Å². The number of carbonyl (C=O) groups is 1. The van der Waals surface area contributed by atoms with Crippen LogP contribution in [0.25, 0.3) is 0 Å². The predicted octanol–water partition coefficient (Wildman–Crippen LogP) is 4.03. The van der Waals surface area contributed by atoms with E-state index in [0.717, 1.165) is 11.1 Å². The predicted molar refractivity (Wildman–Crippen MR) is 96.8 cm³/mol. The van der Waals surface area contributed by atoms with Crippen molar-refractivity contribution in [3.05, 3.63) is 72.3 Å². The molecule has 0 unspecified atom stereocenters. The highest BCUT2D eigenvalue weighted by Gasteiger charge is 2.15. The van der Waals surface area contributed by atoms with Crippen molar-refractivity contribution in [3.63, 3.8) is 0 Å². The summed E-state index contributed by atoms with van der Waals surface area (Å²) in [7, 11) is 3.17. The van der Waals surface area contributed by atoms with E-state index in [9.17, 15) is 4.79 Å². The highest BCUT2D eigenvalue weighted by Crippen LogP contribution is 2.28. The summed E-state index contributed by atoms with van der Waals surface area (Å²) in [5.74, 6) is 1.27. The van der Waals surface area contributed by atoms with Crippen LogP contribution in [0, 0.1) is 0 Å². The van der Waals surface area contributed by atoms with Crippen LogP contribution in [0.5, 0.6) is 11.5 Å². The Morgan fingerprint density at radius 1 is 1.04 bits per heavy atom. The molecule has 0 aromatic heterocycles. The molecular formula is C20H23NO4. The highest BCUT2D eigenvalue weighted by molar-refractivity contribution is 5.68. The molecule has 0 fully saturated rings. The molecule has 5 nitrogen and oxygen atoms in total. The van der Waals surface area contributed by atoms with E-state index in [1.807, 2.05) is 48.5 Å². The standard InChI is InChI=1S/C20H23NO4/c1-4-12-21(20(22)25-15-16-8-6-5-7-9-16)14-17-10-11-18(23-2)19(13-17)24-3/h4-11,13H,1,12,14-15H2,2-3H3. The first-order valence-electron chi connectivity index (χ1n) is 7.95. The van der Waals surface area contributed by atoms with E-state index in [4.69, 9.17) is 14.2 Å². The van der Waals surface area contributed by atoms with Crippen molar-refractivity contribution in [2.75, 3.05) is 20.8 Å². The van der Waals surface area contributed by atoms with Crippen LogP contribution in [0.2, 0.25) is 0 Å². The minimum absolute atomic E-state index is 0.235. The second kappa shape index (κ2) is 9.37. The molecule has 0 saturated heterocycles. The molecule has 0 bridgehead atoms. The number of hydrogen-bond acceptors (Lipinski definition) is 4. The van der Waals surface area contributed by atoms with Crippen LogP contribution in [-0.2, 0) is 17.9 Å². The number of nitrogens with zero attached hydrogens (tertiary/aromatic N) is 1. The quantitative estimate of drug-likeness (QED) is 0.680. The summed E-state index contributed by atoms with van der Waals surface area (Å²) in [6.45, 7) is 4.72. The maximum atomic E-state index is 12.4. The minimum atomic E-state index is -0.390. The lowest BCUT2D eigenvalue weighted by atomic mass is 10.2. The maximum Gasteiger partial charge on any atom is 0.410 e. The largest absolute Gasteiger partial charge is 0.493 e. The van der Waals surface area contributed by atoms with Gasteiger partial charge in [-0.3, -0.25) is 0 Å². The van der Waals surface area contributed by atoms with Crippen LogP contribution < -0.4 is 9.47 Å². The fourth-order valence-corrected chi connectivity index (χ4v) is 2.37. The molecule has 0 aliphatic heterocycles. The van der Waals surface area contributed by atoms with Crippen LogP contribution >= 0.6 is 0 Å². The summed E-state index contributed by atoms with van der Waals surface area (Å²) in [5.41, 5.74) is 1.86. The Balaban J connectivity index is 2.04. The Morgan fingerprint density at radius 2 is 1.76 bits per heavy atom. The molecule has 0 N–H and O–H groups in total. The number of carbonyl (C=O) groups excluding carboxylic acids is 1. The topological polar surface area (TPSA) is 48.0 Å². The number of benzene rings is 2. The van der Waals surface area contributed by atoms with E-state index < -0.39 is 6.09 Å². The van der Waals surface area contributed by atoms with Crippen LogP contribution in [0.1, 0.15) is 11.1 Å². The molecular weight excluding hydrogens is 318 g/mol. The van der Waals surface area contributed by atoms with Crippen molar-refractivity contribution < 1.29 is 19.0 Å². The molecule has 2 aromatic carbocycles. The monoisotopic (exact) mass is 341 g/mol. The molecule has 0 radical (unpaired) electrons. The maximum absolute atomic E-state index is 12.4. The van der Waals surface area contributed by atoms with Crippen molar-refractivity contribution in [2.45, 2.75) is 13.2 Å². The van der Waals surface area contributed by atoms with Gasteiger partial charge in [-0.05, 0) is 23.3 Å². The van der Waals surface area contributed by atoms with Crippen LogP contribution in [0.15, 0.2) is 61.2 Å². The molecule has 0 aliphatic rings. The van der Waals surface area contributed by atoms with Gasteiger partial charge >= 0.3 is 6.09 Å². The number of hydrogen-bond donors (Lipinski definition) is 0. The zero-order valence-electron chi connectivity index (χ0n) is 14.6. The van der Waals surface area contributed by atoms with Gasteiger partial charge in [0.15, 0.2) is 11.5 Å². The van der Waals surface area contributed by atoms with E-state index in [-0.39, 0.29) is 6.61 Å². The molecule has 0 spiro atoms. The number of methoxy groups -OCH3 is 2. The summed E-state index contributed by atoms with van der Waals surface area (Å²) in [6, 6.07) is 15.1. The Labute approximate surface area is 148 Å². The third-order valence-electron chi connectivity index (χ3n) is 3.63. The zero-order valence-corrected chi connectivity index (χ0v) is 14.6. The van der Waals surface area contributed by atoms with Gasteiger partial charge in [0.25, 0.3) is 0 Å². The lowest BCUT2D eigenvalue weighted by molar-refractivity contribution is 0.0978. The first kappa shape index (κ1) is 18.4. The molecule has 0 aliphatic carbocycles. The second-order valence-electron chi connectivity index (χ2n) is 5.40. The van der Waals surface area contributed by atoms with Crippen molar-refractivity contribution in [2.24, 2.45) is 0 Å². The van der Waals surface area contributed by atoms with Gasteiger partial charge in [0.05, 0.1) is 14.2 Å². The molecule has 132 valence electrons. The Bertz CT molecular complexity index is 700. The number of amides is 1. The Hall–Kier alpha value is -2.95. The summed E-state index contributed by atoms with van der Waals surface area (Å²) < 4.78 is 15.9. The molecule has 5 heteroatoms. The normalized spacial score (nSPS) is 10.0. The van der Waals surface area contributed by atoms with E-state index in [0.29, 0.717) is 24.6 Å². The average Bonchev–Trinajstić information content (AvgIpc) is 2.66. The molecule has 2 rings (SSSR count). The average molecular weight is 341 g/mol. The smallest absolute Gasteiger partial charge is 0.410 e. The molecule has 0 saturated carbocycles. The van der Waals surface area contributed by atoms with Crippen LogP contribution in [0.4, 0.5) is 4.79 Å². The SMILES string of the molecule is C=CCN(Cc1ccc(OC)c(OC)c1)C(=O)OCc1ccccc1. The summed E-state index contributed by atoms with van der Waals surface area (Å²) in [4.78, 5) is 14.0. The third-order valence-corrected chi connectivity index (χ3v) is 3.63. The van der Waals surface area contributed by atoms with Gasteiger partial charge in [-0.15, -0.1) is 6.58 Å². The summed E-state index contributed by atoms with van der Waals surface area (Å²) in [6.07, 6.45) is 1.28. The molecule has 0 heterocycles. The van der Waals surface area contributed by atoms with Gasteiger partial charge in [-0.1, -0.05) is 42.5 Å². The van der Waals surface area contributed by atoms with Crippen molar-refractivity contribution >= 4 is 6.09 Å². The fraction of sp³-hybridized carbons (Fsp3) is 0.250. The lowest BCUT2D eigenvalue weighted by Crippen LogP contribution is -2.31. The van der Waals surface area contributed by atoms with E-state index in [1.54, 1.807) is 25.2 Å². The summed E-state index contributed by atoms with van der Waals surface area (Å²) in [5, 5.41) is 0. The third kappa shape index (κ3) is 5.28. The van der Waals surface area contributed by atoms with Gasteiger partial charge in [0, 0.05) is 13.1 Å². The molecule has 2 aromatic rings. The van der Waals surface area contributed by atoms with Crippen molar-refractivity contribution in [1.82, 2.24) is 4.90 Å². The Kier molecular flexibility index (Phi) is 6.89. The van der Waals surface area contributed by atoms with Gasteiger partial charge in [0.1, 0.15) is 6.61 Å². The lowest BCUT2D eigenvalue weighted by Gasteiger charge is -2.21. The number of rotatable bonds is 8. The number of ether oxygens (including phenoxy) is 3. The zero-order chi connectivity index (χ0) is 18.1. The first-order valence-corrected chi connectivity index (χ1v) is 7.95. The first-order chi connectivity index (χ1) is 12.2. The van der Waals surface area contributed by atoms with E-state index in [1.165, 1.54) is 0 Å². The highest BCUT2D eigenvalue weighted by atomic mass is 16.6. The van der Waals surface area contributed by atoms with Gasteiger partial charge in [0.2, 0.25) is 0 Å². The molecule has 1 amide bonds. The minimum Gasteiger partial charge on any atom is -0.493 e. The van der Waals surface area contributed by atoms with Crippen molar-refractivity contribution in [1.29, 1.82) is 0 Å². The van der Waals surface area contributed by atoms with E-state index >= 15 is 0 Å². The van der Waals surface area contributed by atoms with Gasteiger partial charge < -0.3 is 19.1 Å². The summed E-state index contributed by atoms with van der Waals surface area (Å²) >= 11 is 0. The second-order valence-corrected chi connectivity index (χ2v) is 5.40. The van der Waals surface area contributed by atoms with Crippen LogP contribution in [0.3, 0.4) is 0 Å². The van der Waals surface area contributed by atoms with E-state index in [2.05, 4.69) is 6.58 Å². The van der Waals surface area contributed by atoms with Gasteiger partial charge in [-0.2, -0.15) is 0 Å². The van der Waals surface area contributed by atoms with Crippen LogP contribution in [-0.4, -0.2) is 31.8 Å². The fourth-order valence-electron chi connectivity index (χ4n) is 2.37. The molecule has 0 atom stereocenters. The Morgan fingerprint density at radius 3 is 2.40 bits per heavy atom. The molecule has 25 heavy (non-hydrogen) atoms.